The Kier molecular flexibility index (Phi) is 4.14. The van der Waals surface area contributed by atoms with Crippen molar-refractivity contribution < 1.29 is 5.11 Å². The summed E-state index contributed by atoms with van der Waals surface area (Å²) in [5, 5.41) is 9.95. The van der Waals surface area contributed by atoms with Gasteiger partial charge in [-0.05, 0) is 17.5 Å². The third-order valence-electron chi connectivity index (χ3n) is 2.59. The van der Waals surface area contributed by atoms with Crippen LogP contribution in [0.4, 0.5) is 0 Å². The van der Waals surface area contributed by atoms with Crippen LogP contribution in [-0.4, -0.2) is 11.2 Å². The lowest BCUT2D eigenvalue weighted by atomic mass is 9.89. The number of rotatable bonds is 3. The van der Waals surface area contributed by atoms with Crippen LogP contribution in [0.5, 0.6) is 0 Å². The summed E-state index contributed by atoms with van der Waals surface area (Å²) >= 11 is 3.50. The summed E-state index contributed by atoms with van der Waals surface area (Å²) in [6.45, 7) is 6.14. The lowest BCUT2D eigenvalue weighted by molar-refractivity contribution is 0.102. The molecule has 0 heterocycles. The quantitative estimate of drug-likeness (QED) is 0.877. The first-order valence-corrected chi connectivity index (χ1v) is 5.75. The fraction of sp³-hybridized carbons (Fsp3) is 0.500. The summed E-state index contributed by atoms with van der Waals surface area (Å²) in [6.07, 6.45) is -0.284. The average Bonchev–Trinajstić information content (AvgIpc) is 2.16. The van der Waals surface area contributed by atoms with Crippen LogP contribution < -0.4 is 0 Å². The number of hydrogen-bond donors (Lipinski definition) is 1. The van der Waals surface area contributed by atoms with Crippen LogP contribution in [0, 0.1) is 5.92 Å². The minimum Gasteiger partial charge on any atom is -0.392 e. The van der Waals surface area contributed by atoms with E-state index in [0.717, 1.165) is 4.47 Å². The first-order chi connectivity index (χ1) is 6.54. The Morgan fingerprint density at radius 1 is 1.14 bits per heavy atom. The normalized spacial score (nSPS) is 15.6. The van der Waals surface area contributed by atoms with Crippen molar-refractivity contribution in [2.75, 3.05) is 0 Å². The Labute approximate surface area is 94.3 Å². The molecule has 0 saturated heterocycles. The van der Waals surface area contributed by atoms with E-state index in [2.05, 4.69) is 28.9 Å². The zero-order valence-electron chi connectivity index (χ0n) is 8.87. The van der Waals surface area contributed by atoms with Crippen LogP contribution in [0.2, 0.25) is 0 Å². The van der Waals surface area contributed by atoms with E-state index in [1.165, 1.54) is 5.56 Å². The maximum Gasteiger partial charge on any atom is 0.0629 e. The first-order valence-electron chi connectivity index (χ1n) is 4.96. The molecule has 1 rings (SSSR count). The lowest BCUT2D eigenvalue weighted by Gasteiger charge is -2.23. The Morgan fingerprint density at radius 2 is 1.71 bits per heavy atom. The van der Waals surface area contributed by atoms with Gasteiger partial charge in [-0.3, -0.25) is 0 Å². The van der Waals surface area contributed by atoms with Gasteiger partial charge in [0.25, 0.3) is 0 Å². The minimum atomic E-state index is -0.284. The summed E-state index contributed by atoms with van der Waals surface area (Å²) in [6, 6.07) is 8.06. The molecule has 0 aromatic heterocycles. The van der Waals surface area contributed by atoms with Gasteiger partial charge in [0, 0.05) is 10.4 Å². The molecule has 1 aromatic rings. The van der Waals surface area contributed by atoms with Crippen molar-refractivity contribution in [3.05, 3.63) is 34.3 Å². The van der Waals surface area contributed by atoms with Crippen molar-refractivity contribution in [1.29, 1.82) is 0 Å². The Morgan fingerprint density at radius 3 is 2.21 bits per heavy atom. The second-order valence-electron chi connectivity index (χ2n) is 4.04. The van der Waals surface area contributed by atoms with Gasteiger partial charge in [-0.25, -0.2) is 0 Å². The maximum atomic E-state index is 9.95. The van der Waals surface area contributed by atoms with E-state index in [4.69, 9.17) is 0 Å². The minimum absolute atomic E-state index is 0.172. The molecule has 0 aliphatic carbocycles. The summed E-state index contributed by atoms with van der Waals surface area (Å²) in [5.74, 6) is 0.461. The van der Waals surface area contributed by atoms with Gasteiger partial charge in [-0.15, -0.1) is 0 Å². The molecule has 0 amide bonds. The second kappa shape index (κ2) is 4.94. The van der Waals surface area contributed by atoms with Crippen molar-refractivity contribution in [3.63, 3.8) is 0 Å². The highest BCUT2D eigenvalue weighted by molar-refractivity contribution is 9.10. The smallest absolute Gasteiger partial charge is 0.0629 e. The van der Waals surface area contributed by atoms with Gasteiger partial charge in [0.15, 0.2) is 0 Å². The van der Waals surface area contributed by atoms with Gasteiger partial charge in [-0.2, -0.15) is 0 Å². The first kappa shape index (κ1) is 11.7. The predicted molar refractivity (Wildman–Crippen MR) is 63.4 cm³/mol. The summed E-state index contributed by atoms with van der Waals surface area (Å²) in [7, 11) is 0. The van der Waals surface area contributed by atoms with Crippen molar-refractivity contribution in [2.45, 2.75) is 32.8 Å². The summed E-state index contributed by atoms with van der Waals surface area (Å²) in [5.41, 5.74) is 1.17. The highest BCUT2D eigenvalue weighted by Gasteiger charge is 2.20. The number of halogens is 1. The molecule has 2 heteroatoms. The molecule has 0 fully saturated rings. The SMILES string of the molecule is CC(C)C(O)C(C)c1ccccc1Br. The van der Waals surface area contributed by atoms with Gasteiger partial charge in [-0.1, -0.05) is 54.9 Å². The summed E-state index contributed by atoms with van der Waals surface area (Å²) in [4.78, 5) is 0. The maximum absolute atomic E-state index is 9.95. The van der Waals surface area contributed by atoms with Gasteiger partial charge >= 0.3 is 0 Å². The van der Waals surface area contributed by atoms with E-state index in [0.29, 0.717) is 0 Å². The van der Waals surface area contributed by atoms with E-state index >= 15 is 0 Å². The third kappa shape index (κ3) is 2.58. The van der Waals surface area contributed by atoms with E-state index < -0.39 is 0 Å². The standard InChI is InChI=1S/C12H17BrO/c1-8(2)12(14)9(3)10-6-4-5-7-11(10)13/h4-9,12,14H,1-3H3. The van der Waals surface area contributed by atoms with Gasteiger partial charge in [0.2, 0.25) is 0 Å². The molecule has 1 aromatic carbocycles. The van der Waals surface area contributed by atoms with Crippen molar-refractivity contribution in [2.24, 2.45) is 5.92 Å². The fourth-order valence-electron chi connectivity index (χ4n) is 1.61. The molecule has 2 unspecified atom stereocenters. The van der Waals surface area contributed by atoms with Gasteiger partial charge in [0.05, 0.1) is 6.10 Å². The molecule has 14 heavy (non-hydrogen) atoms. The monoisotopic (exact) mass is 256 g/mol. The van der Waals surface area contributed by atoms with Gasteiger partial charge in [0.1, 0.15) is 0 Å². The van der Waals surface area contributed by atoms with Gasteiger partial charge < -0.3 is 5.11 Å². The zero-order chi connectivity index (χ0) is 10.7. The molecule has 0 aliphatic heterocycles. The number of aliphatic hydroxyl groups is 1. The van der Waals surface area contributed by atoms with E-state index in [1.807, 2.05) is 32.0 Å². The molecule has 0 spiro atoms. The largest absolute Gasteiger partial charge is 0.392 e. The lowest BCUT2D eigenvalue weighted by Crippen LogP contribution is -2.22. The highest BCUT2D eigenvalue weighted by Crippen LogP contribution is 2.29. The van der Waals surface area contributed by atoms with Crippen LogP contribution >= 0.6 is 15.9 Å². The van der Waals surface area contributed by atoms with Crippen LogP contribution in [0.15, 0.2) is 28.7 Å². The molecule has 0 saturated carbocycles. The number of hydrogen-bond acceptors (Lipinski definition) is 1. The fourth-order valence-corrected chi connectivity index (χ4v) is 2.25. The van der Waals surface area contributed by atoms with Crippen molar-refractivity contribution in [3.8, 4) is 0 Å². The average molecular weight is 257 g/mol. The van der Waals surface area contributed by atoms with Crippen LogP contribution in [0.25, 0.3) is 0 Å². The van der Waals surface area contributed by atoms with Crippen LogP contribution in [-0.2, 0) is 0 Å². The zero-order valence-corrected chi connectivity index (χ0v) is 10.5. The molecule has 0 bridgehead atoms. The summed E-state index contributed by atoms with van der Waals surface area (Å²) < 4.78 is 1.08. The molecule has 1 nitrogen and oxygen atoms in total. The van der Waals surface area contributed by atoms with Crippen LogP contribution in [0.1, 0.15) is 32.3 Å². The Balaban J connectivity index is 2.89. The molecule has 78 valence electrons. The molecule has 1 N–H and O–H groups in total. The second-order valence-corrected chi connectivity index (χ2v) is 4.90. The van der Waals surface area contributed by atoms with E-state index in [-0.39, 0.29) is 17.9 Å². The number of aliphatic hydroxyl groups excluding tert-OH is 1. The number of benzene rings is 1. The predicted octanol–water partition coefficient (Wildman–Crippen LogP) is 3.57. The van der Waals surface area contributed by atoms with E-state index in [1.54, 1.807) is 0 Å². The Bertz CT molecular complexity index is 296. The molecule has 0 radical (unpaired) electrons. The Hall–Kier alpha value is -0.340. The topological polar surface area (TPSA) is 20.2 Å². The molecular weight excluding hydrogens is 240 g/mol. The van der Waals surface area contributed by atoms with Crippen molar-refractivity contribution in [1.82, 2.24) is 0 Å². The third-order valence-corrected chi connectivity index (χ3v) is 3.31. The highest BCUT2D eigenvalue weighted by atomic mass is 79.9. The molecule has 2 atom stereocenters. The molecular formula is C12H17BrO. The molecule has 0 aliphatic rings. The van der Waals surface area contributed by atoms with Crippen molar-refractivity contribution >= 4 is 15.9 Å². The van der Waals surface area contributed by atoms with Crippen LogP contribution in [0.3, 0.4) is 0 Å². The van der Waals surface area contributed by atoms with E-state index in [9.17, 15) is 5.11 Å².